The summed E-state index contributed by atoms with van der Waals surface area (Å²) in [6.45, 7) is 0. The fourth-order valence-corrected chi connectivity index (χ4v) is 11.6. The predicted octanol–water partition coefficient (Wildman–Crippen LogP) is 12.8. The molecule has 2 nitrogen and oxygen atoms in total. The summed E-state index contributed by atoms with van der Waals surface area (Å²) in [6, 6.07) is 71.7. The zero-order valence-electron chi connectivity index (χ0n) is 32.4. The molecule has 2 heteroatoms. The van der Waals surface area contributed by atoms with Crippen LogP contribution in [0.15, 0.2) is 206 Å². The number of hydrogen-bond acceptors (Lipinski definition) is 2. The third kappa shape index (κ3) is 4.03. The summed E-state index contributed by atoms with van der Waals surface area (Å²) in [4.78, 5) is 29.4. The molecule has 0 saturated heterocycles. The van der Waals surface area contributed by atoms with E-state index in [-0.39, 0.29) is 11.6 Å². The molecule has 2 spiro atoms. The van der Waals surface area contributed by atoms with Crippen LogP contribution in [0.1, 0.15) is 76.4 Å². The molecular weight excluding hydrogens is 729 g/mol. The minimum absolute atomic E-state index is 0.111. The number of hydrogen-bond donors (Lipinski definition) is 0. The number of rotatable bonds is 4. The zero-order valence-corrected chi connectivity index (χ0v) is 32.4. The maximum absolute atomic E-state index is 14.7. The van der Waals surface area contributed by atoms with Crippen LogP contribution in [0.4, 0.5) is 0 Å². The first-order valence-electron chi connectivity index (χ1n) is 20.7. The molecule has 0 N–H and O–H groups in total. The first kappa shape index (κ1) is 33.3. The van der Waals surface area contributed by atoms with Crippen molar-refractivity contribution in [2.24, 2.45) is 0 Å². The summed E-state index contributed by atoms with van der Waals surface area (Å²) in [5.74, 6) is -0.221. The lowest BCUT2D eigenvalue weighted by Gasteiger charge is -2.30. The Kier molecular flexibility index (Phi) is 6.63. The molecular formula is C58H34O2. The normalized spacial score (nSPS) is 14.4. The molecule has 0 amide bonds. The van der Waals surface area contributed by atoms with Crippen molar-refractivity contribution in [3.8, 4) is 44.5 Å². The van der Waals surface area contributed by atoms with Crippen molar-refractivity contribution in [3.05, 3.63) is 273 Å². The minimum atomic E-state index is -0.543. The van der Waals surface area contributed by atoms with Gasteiger partial charge < -0.3 is 0 Å². The van der Waals surface area contributed by atoms with Crippen molar-refractivity contribution in [3.63, 3.8) is 0 Å². The largest absolute Gasteiger partial charge is 0.289 e. The molecule has 0 atom stereocenters. The first-order chi connectivity index (χ1) is 29.6. The lowest BCUT2D eigenvalue weighted by atomic mass is 9.70. The average molecular weight is 763 g/mol. The van der Waals surface area contributed by atoms with E-state index < -0.39 is 10.8 Å². The van der Waals surface area contributed by atoms with Gasteiger partial charge >= 0.3 is 0 Å². The van der Waals surface area contributed by atoms with Crippen LogP contribution in [0.2, 0.25) is 0 Å². The molecule has 0 aromatic heterocycles. The van der Waals surface area contributed by atoms with Crippen LogP contribution in [0.25, 0.3) is 44.5 Å². The number of carbonyl (C=O) groups is 2. The monoisotopic (exact) mass is 762 g/mol. The van der Waals surface area contributed by atoms with E-state index >= 15 is 0 Å². The van der Waals surface area contributed by atoms with Gasteiger partial charge in [0.1, 0.15) is 0 Å². The fraction of sp³-hybridized carbons (Fsp3) is 0.0345. The van der Waals surface area contributed by atoms with Crippen LogP contribution in [0.3, 0.4) is 0 Å². The SMILES string of the molecule is O=C(c1cccc(C(=O)c2ccc3c(c2)C2(c4ccccc4-c4ccccc42)c2ccccc2-3)c1)c1ccc2c(c1)C1(c3ccccc3-c3ccccc31)c1ccccc1-2. The highest BCUT2D eigenvalue weighted by molar-refractivity contribution is 6.14. The first-order valence-corrected chi connectivity index (χ1v) is 20.7. The lowest BCUT2D eigenvalue weighted by Crippen LogP contribution is -2.26. The smallest absolute Gasteiger partial charge is 0.193 e. The van der Waals surface area contributed by atoms with Gasteiger partial charge in [0, 0.05) is 22.3 Å². The van der Waals surface area contributed by atoms with E-state index in [0.717, 1.165) is 22.3 Å². The predicted molar refractivity (Wildman–Crippen MR) is 239 cm³/mol. The molecule has 0 fully saturated rings. The topological polar surface area (TPSA) is 34.1 Å². The Balaban J connectivity index is 0.916. The van der Waals surface area contributed by atoms with Crippen LogP contribution in [0.5, 0.6) is 0 Å². The van der Waals surface area contributed by atoms with Gasteiger partial charge in [0.05, 0.1) is 10.8 Å². The molecule has 0 radical (unpaired) electrons. The Morgan fingerprint density at radius 3 is 0.783 bits per heavy atom. The Morgan fingerprint density at radius 2 is 0.483 bits per heavy atom. The highest BCUT2D eigenvalue weighted by Crippen LogP contribution is 2.64. The van der Waals surface area contributed by atoms with Gasteiger partial charge in [-0.05, 0) is 107 Å². The molecule has 60 heavy (non-hydrogen) atoms. The Hall–Kier alpha value is -7.68. The molecule has 4 aliphatic carbocycles. The molecule has 0 heterocycles. The second-order valence-corrected chi connectivity index (χ2v) is 16.5. The van der Waals surface area contributed by atoms with Crippen molar-refractivity contribution in [2.45, 2.75) is 10.8 Å². The van der Waals surface area contributed by atoms with E-state index in [0.29, 0.717) is 22.3 Å². The fourth-order valence-electron chi connectivity index (χ4n) is 11.6. The second-order valence-electron chi connectivity index (χ2n) is 16.5. The van der Waals surface area contributed by atoms with E-state index in [1.54, 1.807) is 6.07 Å². The van der Waals surface area contributed by atoms with Gasteiger partial charge in [-0.1, -0.05) is 188 Å². The highest BCUT2D eigenvalue weighted by Gasteiger charge is 2.53. The van der Waals surface area contributed by atoms with Gasteiger partial charge in [-0.2, -0.15) is 0 Å². The number of carbonyl (C=O) groups excluding carboxylic acids is 2. The molecule has 13 rings (SSSR count). The van der Waals surface area contributed by atoms with Crippen molar-refractivity contribution in [1.29, 1.82) is 0 Å². The minimum Gasteiger partial charge on any atom is -0.289 e. The number of fused-ring (bicyclic) bond motifs is 20. The number of benzene rings is 9. The molecule has 9 aromatic rings. The molecule has 0 unspecified atom stereocenters. The third-order valence-electron chi connectivity index (χ3n) is 13.9. The van der Waals surface area contributed by atoms with E-state index in [9.17, 15) is 9.59 Å². The Bertz CT molecular complexity index is 3030. The van der Waals surface area contributed by atoms with Crippen molar-refractivity contribution in [2.75, 3.05) is 0 Å². The molecule has 4 aliphatic rings. The van der Waals surface area contributed by atoms with Crippen LogP contribution < -0.4 is 0 Å². The maximum Gasteiger partial charge on any atom is 0.193 e. The summed E-state index contributed by atoms with van der Waals surface area (Å²) in [7, 11) is 0. The van der Waals surface area contributed by atoms with Crippen LogP contribution in [-0.2, 0) is 10.8 Å². The summed E-state index contributed by atoms with van der Waals surface area (Å²) in [5, 5.41) is 0. The molecule has 0 bridgehead atoms. The molecule has 278 valence electrons. The summed E-state index contributed by atoms with van der Waals surface area (Å²) in [5.41, 5.74) is 20.3. The Morgan fingerprint density at radius 1 is 0.233 bits per heavy atom. The van der Waals surface area contributed by atoms with E-state index in [2.05, 4.69) is 170 Å². The molecule has 9 aromatic carbocycles. The van der Waals surface area contributed by atoms with Crippen LogP contribution >= 0.6 is 0 Å². The Labute approximate surface area is 348 Å². The van der Waals surface area contributed by atoms with Crippen molar-refractivity contribution >= 4 is 11.6 Å². The summed E-state index contributed by atoms with van der Waals surface area (Å²) < 4.78 is 0. The van der Waals surface area contributed by atoms with E-state index in [1.807, 2.05) is 30.3 Å². The second kappa shape index (κ2) is 11.9. The highest BCUT2D eigenvalue weighted by atomic mass is 16.1. The number of ketones is 2. The van der Waals surface area contributed by atoms with Gasteiger partial charge in [-0.25, -0.2) is 0 Å². The standard InChI is InChI=1S/C58H34O2/c59-55(37-28-30-45-43-20-5-11-26-51(43)57(53(45)33-37)47-22-7-1-16-39(47)40-17-2-8-23-48(40)57)35-14-13-15-36(32-35)56(60)38-29-31-46-44-21-6-12-27-52(44)58(54(46)34-38)49-24-9-3-18-41(49)42-19-4-10-25-50(42)58/h1-34H. The van der Waals surface area contributed by atoms with E-state index in [4.69, 9.17) is 0 Å². The zero-order chi connectivity index (χ0) is 39.7. The van der Waals surface area contributed by atoms with E-state index in [1.165, 1.54) is 66.8 Å². The molecule has 0 aliphatic heterocycles. The van der Waals surface area contributed by atoms with Crippen LogP contribution in [-0.4, -0.2) is 11.6 Å². The quantitative estimate of drug-likeness (QED) is 0.167. The molecule has 0 saturated carbocycles. The third-order valence-corrected chi connectivity index (χ3v) is 13.9. The summed E-state index contributed by atoms with van der Waals surface area (Å²) in [6.07, 6.45) is 0. The maximum atomic E-state index is 14.7. The van der Waals surface area contributed by atoms with Gasteiger partial charge in [0.15, 0.2) is 11.6 Å². The average Bonchev–Trinajstić information content (AvgIpc) is 4.00. The summed E-state index contributed by atoms with van der Waals surface area (Å²) >= 11 is 0. The lowest BCUT2D eigenvalue weighted by molar-refractivity contribution is 0.103. The van der Waals surface area contributed by atoms with Crippen molar-refractivity contribution in [1.82, 2.24) is 0 Å². The van der Waals surface area contributed by atoms with Gasteiger partial charge in [-0.3, -0.25) is 9.59 Å². The van der Waals surface area contributed by atoms with Gasteiger partial charge in [-0.15, -0.1) is 0 Å². The van der Waals surface area contributed by atoms with Crippen LogP contribution in [0, 0.1) is 0 Å². The van der Waals surface area contributed by atoms with Gasteiger partial charge in [0.25, 0.3) is 0 Å². The van der Waals surface area contributed by atoms with Gasteiger partial charge in [0.2, 0.25) is 0 Å². The van der Waals surface area contributed by atoms with Crippen molar-refractivity contribution < 1.29 is 9.59 Å².